The van der Waals surface area contributed by atoms with E-state index in [0.717, 1.165) is 12.8 Å². The van der Waals surface area contributed by atoms with E-state index in [1.54, 1.807) is 0 Å². The zero-order valence-corrected chi connectivity index (χ0v) is 9.22. The summed E-state index contributed by atoms with van der Waals surface area (Å²) in [5.74, 6) is 0.222. The van der Waals surface area contributed by atoms with Crippen molar-refractivity contribution in [3.63, 3.8) is 0 Å². The summed E-state index contributed by atoms with van der Waals surface area (Å²) in [5, 5.41) is 0. The molecule has 0 aromatic heterocycles. The molecule has 1 aliphatic carbocycles. The van der Waals surface area contributed by atoms with Gasteiger partial charge in [-0.25, -0.2) is 0 Å². The van der Waals surface area contributed by atoms with Gasteiger partial charge in [-0.3, -0.25) is 4.90 Å². The number of nitrogens with zero attached hydrogens (tertiary/aromatic N) is 1. The van der Waals surface area contributed by atoms with E-state index in [4.69, 9.17) is 5.73 Å². The Balaban J connectivity index is 2.44. The van der Waals surface area contributed by atoms with Crippen molar-refractivity contribution in [3.05, 3.63) is 0 Å². The summed E-state index contributed by atoms with van der Waals surface area (Å²) in [7, 11) is 0. The largest absolute Gasteiger partial charge is 0.401 e. The van der Waals surface area contributed by atoms with Crippen molar-refractivity contribution in [2.45, 2.75) is 44.9 Å². The molecule has 0 aromatic carbocycles. The molecular weight excluding hydrogens is 205 g/mol. The first-order valence-corrected chi connectivity index (χ1v) is 5.36. The lowest BCUT2D eigenvalue weighted by Crippen LogP contribution is -2.45. The van der Waals surface area contributed by atoms with Crippen LogP contribution in [0.2, 0.25) is 0 Å². The molecule has 0 amide bonds. The van der Waals surface area contributed by atoms with E-state index in [9.17, 15) is 13.2 Å². The van der Waals surface area contributed by atoms with Crippen LogP contribution in [0.25, 0.3) is 0 Å². The average molecular weight is 224 g/mol. The fourth-order valence-corrected chi connectivity index (χ4v) is 1.49. The maximum absolute atomic E-state index is 12.3. The highest BCUT2D eigenvalue weighted by Gasteiger charge is 2.38. The second-order valence-corrected chi connectivity index (χ2v) is 4.68. The molecule has 1 atom stereocenters. The third kappa shape index (κ3) is 4.84. The minimum Gasteiger partial charge on any atom is -0.326 e. The van der Waals surface area contributed by atoms with Crippen molar-refractivity contribution in [1.82, 2.24) is 4.90 Å². The van der Waals surface area contributed by atoms with Crippen molar-refractivity contribution in [3.8, 4) is 0 Å². The van der Waals surface area contributed by atoms with Gasteiger partial charge >= 0.3 is 6.18 Å². The van der Waals surface area contributed by atoms with Crippen LogP contribution in [0.4, 0.5) is 13.2 Å². The predicted molar refractivity (Wildman–Crippen MR) is 53.5 cm³/mol. The molecule has 1 aliphatic rings. The molecule has 0 aliphatic heterocycles. The summed E-state index contributed by atoms with van der Waals surface area (Å²) in [6.45, 7) is 3.40. The quantitative estimate of drug-likeness (QED) is 0.774. The molecule has 0 spiro atoms. The maximum atomic E-state index is 12.3. The highest BCUT2D eigenvalue weighted by Crippen LogP contribution is 2.30. The third-order valence-corrected chi connectivity index (χ3v) is 2.75. The Morgan fingerprint density at radius 1 is 1.33 bits per heavy atom. The van der Waals surface area contributed by atoms with Crippen LogP contribution < -0.4 is 5.73 Å². The summed E-state index contributed by atoms with van der Waals surface area (Å²) in [6.07, 6.45) is -2.36. The molecule has 2 N–H and O–H groups in total. The van der Waals surface area contributed by atoms with Gasteiger partial charge in [0.1, 0.15) is 0 Å². The van der Waals surface area contributed by atoms with E-state index in [1.165, 1.54) is 4.90 Å². The third-order valence-electron chi connectivity index (χ3n) is 2.75. The van der Waals surface area contributed by atoms with Crippen LogP contribution in [0.1, 0.15) is 26.7 Å². The fourth-order valence-electron chi connectivity index (χ4n) is 1.49. The Morgan fingerprint density at radius 2 is 1.87 bits per heavy atom. The van der Waals surface area contributed by atoms with Crippen LogP contribution in [0.15, 0.2) is 0 Å². The van der Waals surface area contributed by atoms with Crippen molar-refractivity contribution >= 4 is 0 Å². The smallest absolute Gasteiger partial charge is 0.326 e. The second-order valence-electron chi connectivity index (χ2n) is 4.68. The Kier molecular flexibility index (Phi) is 4.00. The number of rotatable bonds is 5. The molecule has 0 aromatic rings. The summed E-state index contributed by atoms with van der Waals surface area (Å²) in [4.78, 5) is 1.48. The molecule has 1 rings (SSSR count). The zero-order valence-electron chi connectivity index (χ0n) is 9.22. The van der Waals surface area contributed by atoms with Crippen LogP contribution in [-0.2, 0) is 0 Å². The molecule has 0 heterocycles. The monoisotopic (exact) mass is 224 g/mol. The Labute approximate surface area is 88.6 Å². The van der Waals surface area contributed by atoms with Crippen molar-refractivity contribution < 1.29 is 13.2 Å². The molecule has 0 bridgehead atoms. The topological polar surface area (TPSA) is 29.3 Å². The molecule has 1 unspecified atom stereocenters. The first kappa shape index (κ1) is 12.8. The van der Waals surface area contributed by atoms with Crippen molar-refractivity contribution in [2.75, 3.05) is 13.1 Å². The number of halogens is 3. The molecule has 1 saturated carbocycles. The summed E-state index contributed by atoms with van der Waals surface area (Å²) < 4.78 is 36.8. The van der Waals surface area contributed by atoms with Gasteiger partial charge in [-0.15, -0.1) is 0 Å². The van der Waals surface area contributed by atoms with Crippen molar-refractivity contribution in [2.24, 2.45) is 11.7 Å². The lowest BCUT2D eigenvalue weighted by atomic mass is 10.1. The number of hydrogen-bond acceptors (Lipinski definition) is 2. The Morgan fingerprint density at radius 3 is 2.20 bits per heavy atom. The summed E-state index contributed by atoms with van der Waals surface area (Å²) >= 11 is 0. The molecule has 1 fully saturated rings. The van der Waals surface area contributed by atoms with Gasteiger partial charge in [0.05, 0.1) is 6.54 Å². The van der Waals surface area contributed by atoms with Gasteiger partial charge in [0.15, 0.2) is 0 Å². The standard InChI is InChI=1S/C10H19F3N2/c1-7(2)9(14)5-15(8-3-4-8)6-10(11,12)13/h7-9H,3-6,14H2,1-2H3. The highest BCUT2D eigenvalue weighted by atomic mass is 19.4. The van der Waals surface area contributed by atoms with Gasteiger partial charge in [-0.1, -0.05) is 13.8 Å². The van der Waals surface area contributed by atoms with E-state index in [0.29, 0.717) is 6.54 Å². The van der Waals surface area contributed by atoms with E-state index >= 15 is 0 Å². The molecule has 0 radical (unpaired) electrons. The molecule has 5 heteroatoms. The lowest BCUT2D eigenvalue weighted by Gasteiger charge is -2.28. The van der Waals surface area contributed by atoms with Crippen LogP contribution in [0.3, 0.4) is 0 Å². The zero-order chi connectivity index (χ0) is 11.6. The predicted octanol–water partition coefficient (Wildman–Crippen LogP) is 2.00. The van der Waals surface area contributed by atoms with E-state index in [1.807, 2.05) is 13.8 Å². The van der Waals surface area contributed by atoms with Crippen LogP contribution in [-0.4, -0.2) is 36.2 Å². The van der Waals surface area contributed by atoms with Gasteiger partial charge in [-0.2, -0.15) is 13.2 Å². The SMILES string of the molecule is CC(C)C(N)CN(CC(F)(F)F)C1CC1. The molecular formula is C10H19F3N2. The summed E-state index contributed by atoms with van der Waals surface area (Å²) in [6, 6.07) is -0.0654. The first-order chi connectivity index (χ1) is 6.79. The normalized spacial score (nSPS) is 20.0. The van der Waals surface area contributed by atoms with Gasteiger partial charge < -0.3 is 5.73 Å². The van der Waals surface area contributed by atoms with E-state index < -0.39 is 12.7 Å². The van der Waals surface area contributed by atoms with Crippen molar-refractivity contribution in [1.29, 1.82) is 0 Å². The van der Waals surface area contributed by atoms with Crippen LogP contribution in [0, 0.1) is 5.92 Å². The molecule has 15 heavy (non-hydrogen) atoms. The van der Waals surface area contributed by atoms with Gasteiger partial charge in [0.2, 0.25) is 0 Å². The number of nitrogens with two attached hydrogens (primary N) is 1. The minimum atomic E-state index is -4.11. The molecule has 0 saturated heterocycles. The summed E-state index contributed by atoms with van der Waals surface area (Å²) in [5.41, 5.74) is 5.79. The van der Waals surface area contributed by atoms with E-state index in [-0.39, 0.29) is 18.0 Å². The molecule has 2 nitrogen and oxygen atoms in total. The fraction of sp³-hybridized carbons (Fsp3) is 1.00. The maximum Gasteiger partial charge on any atom is 0.401 e. The average Bonchev–Trinajstić information content (AvgIpc) is 2.81. The number of hydrogen-bond donors (Lipinski definition) is 1. The van der Waals surface area contributed by atoms with E-state index in [2.05, 4.69) is 0 Å². The number of alkyl halides is 3. The second kappa shape index (κ2) is 4.70. The van der Waals surface area contributed by atoms with Gasteiger partial charge in [0, 0.05) is 18.6 Å². The Bertz CT molecular complexity index is 199. The van der Waals surface area contributed by atoms with Gasteiger partial charge in [0.25, 0.3) is 0 Å². The minimum absolute atomic E-state index is 0.108. The Hall–Kier alpha value is -0.290. The first-order valence-electron chi connectivity index (χ1n) is 5.36. The van der Waals surface area contributed by atoms with Gasteiger partial charge in [-0.05, 0) is 18.8 Å². The van der Waals surface area contributed by atoms with Crippen LogP contribution in [0.5, 0.6) is 0 Å². The molecule has 90 valence electrons. The van der Waals surface area contributed by atoms with Crippen LogP contribution >= 0.6 is 0 Å². The highest BCUT2D eigenvalue weighted by molar-refractivity contribution is 4.88. The lowest BCUT2D eigenvalue weighted by molar-refractivity contribution is -0.147.